The van der Waals surface area contributed by atoms with Crippen LogP contribution in [-0.4, -0.2) is 5.78 Å². The molecule has 2 N–H and O–H groups in total. The van der Waals surface area contributed by atoms with Crippen molar-refractivity contribution in [3.63, 3.8) is 0 Å². The maximum Gasteiger partial charge on any atom is 0.416 e. The van der Waals surface area contributed by atoms with Crippen molar-refractivity contribution in [3.8, 4) is 0 Å². The van der Waals surface area contributed by atoms with Gasteiger partial charge in [-0.2, -0.15) is 13.2 Å². The van der Waals surface area contributed by atoms with E-state index in [0.29, 0.717) is 5.02 Å². The van der Waals surface area contributed by atoms with Crippen molar-refractivity contribution in [2.45, 2.75) is 6.18 Å². The lowest BCUT2D eigenvalue weighted by molar-refractivity contribution is -0.137. The quantitative estimate of drug-likeness (QED) is 0.668. The van der Waals surface area contributed by atoms with E-state index >= 15 is 0 Å². The van der Waals surface area contributed by atoms with Crippen LogP contribution in [0.25, 0.3) is 0 Å². The van der Waals surface area contributed by atoms with Crippen LogP contribution in [0.2, 0.25) is 5.02 Å². The van der Waals surface area contributed by atoms with E-state index in [0.717, 1.165) is 12.1 Å². The van der Waals surface area contributed by atoms with Gasteiger partial charge in [-0.1, -0.05) is 23.7 Å². The van der Waals surface area contributed by atoms with E-state index in [1.165, 1.54) is 30.3 Å². The second-order valence-corrected chi connectivity index (χ2v) is 4.58. The molecular weight excluding hydrogens is 291 g/mol. The van der Waals surface area contributed by atoms with Crippen LogP contribution in [0.15, 0.2) is 42.5 Å². The smallest absolute Gasteiger partial charge is 0.398 e. The number of nitrogens with two attached hydrogens (primary N) is 1. The average molecular weight is 300 g/mol. The first-order valence-electron chi connectivity index (χ1n) is 5.56. The number of ketones is 1. The van der Waals surface area contributed by atoms with Crippen molar-refractivity contribution in [1.82, 2.24) is 0 Å². The average Bonchev–Trinajstić information content (AvgIpc) is 2.37. The van der Waals surface area contributed by atoms with Gasteiger partial charge in [-0.15, -0.1) is 0 Å². The minimum Gasteiger partial charge on any atom is -0.398 e. The van der Waals surface area contributed by atoms with Crippen LogP contribution in [0.5, 0.6) is 0 Å². The van der Waals surface area contributed by atoms with Crippen molar-refractivity contribution < 1.29 is 18.0 Å². The highest BCUT2D eigenvalue weighted by molar-refractivity contribution is 6.31. The number of anilines is 1. The zero-order valence-electron chi connectivity index (χ0n) is 10.0. The largest absolute Gasteiger partial charge is 0.416 e. The molecule has 0 saturated carbocycles. The minimum atomic E-state index is -4.50. The van der Waals surface area contributed by atoms with Crippen LogP contribution >= 0.6 is 11.6 Å². The zero-order valence-corrected chi connectivity index (χ0v) is 10.8. The Morgan fingerprint density at radius 1 is 1.10 bits per heavy atom. The van der Waals surface area contributed by atoms with Crippen molar-refractivity contribution in [2.75, 3.05) is 5.73 Å². The number of carbonyl (C=O) groups is 1. The molecular formula is C14H9ClF3NO. The van der Waals surface area contributed by atoms with Gasteiger partial charge in [0.1, 0.15) is 0 Å². The molecule has 2 aromatic rings. The van der Waals surface area contributed by atoms with Crippen LogP contribution in [0.4, 0.5) is 18.9 Å². The monoisotopic (exact) mass is 299 g/mol. The fraction of sp³-hybridized carbons (Fsp3) is 0.0714. The van der Waals surface area contributed by atoms with Crippen LogP contribution in [0, 0.1) is 0 Å². The molecule has 2 aromatic carbocycles. The molecule has 0 spiro atoms. The Hall–Kier alpha value is -2.01. The van der Waals surface area contributed by atoms with Gasteiger partial charge >= 0.3 is 6.18 Å². The summed E-state index contributed by atoms with van der Waals surface area (Å²) in [4.78, 5) is 12.2. The van der Waals surface area contributed by atoms with Gasteiger partial charge in [-0.3, -0.25) is 4.79 Å². The van der Waals surface area contributed by atoms with Crippen LogP contribution in [0.1, 0.15) is 21.5 Å². The summed E-state index contributed by atoms with van der Waals surface area (Å²) in [6.45, 7) is 0. The standard InChI is InChI=1S/C14H9ClF3NO/c15-10-4-5-11(12(19)7-10)13(20)8-2-1-3-9(6-8)14(16,17)18/h1-7H,19H2. The summed E-state index contributed by atoms with van der Waals surface area (Å²) < 4.78 is 37.8. The normalized spacial score (nSPS) is 11.4. The number of rotatable bonds is 2. The zero-order chi connectivity index (χ0) is 14.9. The molecule has 0 fully saturated rings. The summed E-state index contributed by atoms with van der Waals surface area (Å²) in [5, 5.41) is 0.350. The molecule has 0 amide bonds. The van der Waals surface area contributed by atoms with Crippen molar-refractivity contribution in [1.29, 1.82) is 0 Å². The van der Waals surface area contributed by atoms with E-state index in [9.17, 15) is 18.0 Å². The minimum absolute atomic E-state index is 0.0751. The Bertz CT molecular complexity index is 668. The summed E-state index contributed by atoms with van der Waals surface area (Å²) in [6.07, 6.45) is -4.50. The van der Waals surface area contributed by atoms with E-state index in [-0.39, 0.29) is 16.8 Å². The van der Waals surface area contributed by atoms with Gasteiger partial charge in [-0.05, 0) is 30.3 Å². The number of benzene rings is 2. The molecule has 0 aromatic heterocycles. The molecule has 0 unspecified atom stereocenters. The van der Waals surface area contributed by atoms with E-state index in [1.54, 1.807) is 0 Å². The van der Waals surface area contributed by atoms with Crippen molar-refractivity contribution in [3.05, 3.63) is 64.2 Å². The highest BCUT2D eigenvalue weighted by Gasteiger charge is 2.31. The first-order valence-corrected chi connectivity index (χ1v) is 5.94. The number of alkyl halides is 3. The van der Waals surface area contributed by atoms with E-state index in [2.05, 4.69) is 0 Å². The van der Waals surface area contributed by atoms with Gasteiger partial charge < -0.3 is 5.73 Å². The third-order valence-corrected chi connectivity index (χ3v) is 2.95. The molecule has 0 aliphatic heterocycles. The molecule has 6 heteroatoms. The SMILES string of the molecule is Nc1cc(Cl)ccc1C(=O)c1cccc(C(F)(F)F)c1. The maximum absolute atomic E-state index is 12.6. The third kappa shape index (κ3) is 2.93. The lowest BCUT2D eigenvalue weighted by atomic mass is 10.00. The van der Waals surface area contributed by atoms with Crippen LogP contribution < -0.4 is 5.73 Å². The molecule has 0 aliphatic rings. The molecule has 20 heavy (non-hydrogen) atoms. The van der Waals surface area contributed by atoms with E-state index in [4.69, 9.17) is 17.3 Å². The molecule has 2 rings (SSSR count). The maximum atomic E-state index is 12.6. The lowest BCUT2D eigenvalue weighted by Gasteiger charge is -2.09. The highest BCUT2D eigenvalue weighted by atomic mass is 35.5. The third-order valence-electron chi connectivity index (χ3n) is 2.71. The number of carbonyl (C=O) groups excluding carboxylic acids is 1. The van der Waals surface area contributed by atoms with Gasteiger partial charge in [0.05, 0.1) is 5.56 Å². The molecule has 0 heterocycles. The molecule has 0 atom stereocenters. The summed E-state index contributed by atoms with van der Waals surface area (Å²) in [5.74, 6) is -0.578. The van der Waals surface area contributed by atoms with Crippen molar-refractivity contribution in [2.24, 2.45) is 0 Å². The van der Waals surface area contributed by atoms with Crippen molar-refractivity contribution >= 4 is 23.1 Å². The molecule has 0 radical (unpaired) electrons. The van der Waals surface area contributed by atoms with Gasteiger partial charge in [-0.25, -0.2) is 0 Å². The predicted molar refractivity (Wildman–Crippen MR) is 70.7 cm³/mol. The Morgan fingerprint density at radius 2 is 1.80 bits per heavy atom. The first-order chi connectivity index (χ1) is 9.29. The Kier molecular flexibility index (Phi) is 3.72. The van der Waals surface area contributed by atoms with Crippen LogP contribution in [0.3, 0.4) is 0 Å². The summed E-state index contributed by atoms with van der Waals surface area (Å²) in [7, 11) is 0. The van der Waals surface area contributed by atoms with Gasteiger partial charge in [0.15, 0.2) is 5.78 Å². The second kappa shape index (κ2) is 5.17. The summed E-state index contributed by atoms with van der Waals surface area (Å²) in [5.41, 5.74) is 4.95. The topological polar surface area (TPSA) is 43.1 Å². The Labute approximate surface area is 118 Å². The van der Waals surface area contributed by atoms with Gasteiger partial charge in [0.25, 0.3) is 0 Å². The highest BCUT2D eigenvalue weighted by Crippen LogP contribution is 2.30. The fourth-order valence-electron chi connectivity index (χ4n) is 1.73. The molecule has 0 saturated heterocycles. The van der Waals surface area contributed by atoms with Gasteiger partial charge in [0.2, 0.25) is 0 Å². The molecule has 0 aliphatic carbocycles. The summed E-state index contributed by atoms with van der Waals surface area (Å²) in [6, 6.07) is 8.42. The first kappa shape index (κ1) is 14.4. The van der Waals surface area contributed by atoms with Crippen LogP contribution in [-0.2, 0) is 6.18 Å². The van der Waals surface area contributed by atoms with E-state index < -0.39 is 17.5 Å². The number of hydrogen-bond donors (Lipinski definition) is 1. The van der Waals surface area contributed by atoms with Gasteiger partial charge in [0, 0.05) is 21.8 Å². The number of nitrogen functional groups attached to an aromatic ring is 1. The number of halogens is 4. The Balaban J connectivity index is 2.44. The lowest BCUT2D eigenvalue weighted by Crippen LogP contribution is -2.09. The number of hydrogen-bond acceptors (Lipinski definition) is 2. The van der Waals surface area contributed by atoms with E-state index in [1.807, 2.05) is 0 Å². The molecule has 2 nitrogen and oxygen atoms in total. The second-order valence-electron chi connectivity index (χ2n) is 4.14. The summed E-state index contributed by atoms with van der Waals surface area (Å²) >= 11 is 5.71. The fourth-order valence-corrected chi connectivity index (χ4v) is 1.91. The predicted octanol–water partition coefficient (Wildman–Crippen LogP) is 4.17. The Morgan fingerprint density at radius 3 is 2.40 bits per heavy atom. The molecule has 104 valence electrons. The molecule has 0 bridgehead atoms.